The van der Waals surface area contributed by atoms with Gasteiger partial charge in [0.2, 0.25) is 0 Å². The van der Waals surface area contributed by atoms with Gasteiger partial charge >= 0.3 is 11.9 Å². The van der Waals surface area contributed by atoms with Gasteiger partial charge < -0.3 is 9.47 Å². The van der Waals surface area contributed by atoms with Crippen LogP contribution in [0.15, 0.2) is 30.3 Å². The van der Waals surface area contributed by atoms with Gasteiger partial charge in [0.15, 0.2) is 0 Å². The molecule has 2 aromatic rings. The summed E-state index contributed by atoms with van der Waals surface area (Å²) in [5.41, 5.74) is 0.889. The zero-order chi connectivity index (χ0) is 26.0. The van der Waals surface area contributed by atoms with Gasteiger partial charge in [0.25, 0.3) is 0 Å². The van der Waals surface area contributed by atoms with E-state index in [1.807, 2.05) is 37.3 Å². The smallest absolute Gasteiger partial charge is 0.311 e. The second kappa shape index (κ2) is 18.0. The molecular weight excluding hydrogens is 448 g/mol. The highest BCUT2D eigenvalue weighted by Gasteiger charge is 2.18. The largest absolute Gasteiger partial charge is 0.426 e. The SMILES string of the molecule is CCCCCCCCCC(=O)Oc1cc(CC)c(OC(=O)CCCCCCCCC)c2ccccc12. The van der Waals surface area contributed by atoms with E-state index in [1.54, 1.807) is 0 Å². The van der Waals surface area contributed by atoms with Gasteiger partial charge in [-0.05, 0) is 30.9 Å². The van der Waals surface area contributed by atoms with Crippen molar-refractivity contribution in [2.45, 2.75) is 130 Å². The first kappa shape index (κ1) is 29.9. The minimum absolute atomic E-state index is 0.188. The number of carbonyl (C=O) groups is 2. The highest BCUT2D eigenvalue weighted by molar-refractivity contribution is 5.97. The number of unbranched alkanes of at least 4 members (excludes halogenated alkanes) is 12. The van der Waals surface area contributed by atoms with Crippen LogP contribution in [-0.2, 0) is 16.0 Å². The van der Waals surface area contributed by atoms with Crippen molar-refractivity contribution in [2.75, 3.05) is 0 Å². The Bertz CT molecular complexity index is 918. The third kappa shape index (κ3) is 10.7. The highest BCUT2D eigenvalue weighted by atomic mass is 16.5. The molecule has 4 heteroatoms. The predicted molar refractivity (Wildman–Crippen MR) is 150 cm³/mol. The summed E-state index contributed by atoms with van der Waals surface area (Å²) in [6.07, 6.45) is 17.9. The van der Waals surface area contributed by atoms with Crippen LogP contribution in [0.5, 0.6) is 11.5 Å². The van der Waals surface area contributed by atoms with Crippen LogP contribution in [0.4, 0.5) is 0 Å². The van der Waals surface area contributed by atoms with Gasteiger partial charge in [0, 0.05) is 23.6 Å². The Morgan fingerprint density at radius 2 is 1.08 bits per heavy atom. The molecule has 0 bridgehead atoms. The van der Waals surface area contributed by atoms with Gasteiger partial charge in [-0.2, -0.15) is 0 Å². The first-order valence-corrected chi connectivity index (χ1v) is 14.6. The predicted octanol–water partition coefficient (Wildman–Crippen LogP) is 9.49. The molecule has 2 rings (SSSR count). The van der Waals surface area contributed by atoms with Crippen molar-refractivity contribution in [1.29, 1.82) is 0 Å². The van der Waals surface area contributed by atoms with E-state index >= 15 is 0 Å². The van der Waals surface area contributed by atoms with E-state index in [-0.39, 0.29) is 11.9 Å². The number of hydrogen-bond donors (Lipinski definition) is 0. The lowest BCUT2D eigenvalue weighted by Crippen LogP contribution is -2.11. The van der Waals surface area contributed by atoms with Gasteiger partial charge in [-0.15, -0.1) is 0 Å². The Kier molecular flexibility index (Phi) is 14.9. The minimum Gasteiger partial charge on any atom is -0.426 e. The van der Waals surface area contributed by atoms with Crippen LogP contribution >= 0.6 is 0 Å². The maximum atomic E-state index is 12.6. The summed E-state index contributed by atoms with van der Waals surface area (Å²) in [5, 5.41) is 1.63. The van der Waals surface area contributed by atoms with Crippen LogP contribution in [0, 0.1) is 0 Å². The number of benzene rings is 2. The van der Waals surface area contributed by atoms with Crippen molar-refractivity contribution < 1.29 is 19.1 Å². The number of aryl methyl sites for hydroxylation is 1. The molecule has 4 nitrogen and oxygen atoms in total. The quantitative estimate of drug-likeness (QED) is 0.110. The summed E-state index contributed by atoms with van der Waals surface area (Å²) in [6.45, 7) is 6.47. The third-order valence-electron chi connectivity index (χ3n) is 6.82. The van der Waals surface area contributed by atoms with E-state index in [0.29, 0.717) is 30.8 Å². The van der Waals surface area contributed by atoms with Gasteiger partial charge in [0.1, 0.15) is 11.5 Å². The Hall–Kier alpha value is -2.36. The van der Waals surface area contributed by atoms with Gasteiger partial charge in [0.05, 0.1) is 0 Å². The summed E-state index contributed by atoms with van der Waals surface area (Å²) >= 11 is 0. The maximum absolute atomic E-state index is 12.6. The van der Waals surface area contributed by atoms with E-state index in [2.05, 4.69) is 13.8 Å². The topological polar surface area (TPSA) is 52.6 Å². The molecule has 36 heavy (non-hydrogen) atoms. The van der Waals surface area contributed by atoms with E-state index in [9.17, 15) is 9.59 Å². The van der Waals surface area contributed by atoms with E-state index in [1.165, 1.54) is 64.2 Å². The Morgan fingerprint density at radius 3 is 1.61 bits per heavy atom. The summed E-state index contributed by atoms with van der Waals surface area (Å²) in [6, 6.07) is 9.60. The fraction of sp³-hybridized carbons (Fsp3) is 0.625. The van der Waals surface area contributed by atoms with Crippen molar-refractivity contribution in [3.63, 3.8) is 0 Å². The second-order valence-electron chi connectivity index (χ2n) is 9.95. The van der Waals surface area contributed by atoms with Crippen LogP contribution in [0.25, 0.3) is 10.8 Å². The molecule has 0 N–H and O–H groups in total. The summed E-state index contributed by atoms with van der Waals surface area (Å²) < 4.78 is 11.7. The number of ether oxygens (including phenoxy) is 2. The monoisotopic (exact) mass is 496 g/mol. The molecule has 0 aliphatic rings. The molecule has 0 aromatic heterocycles. The fourth-order valence-electron chi connectivity index (χ4n) is 4.63. The lowest BCUT2D eigenvalue weighted by molar-refractivity contribution is -0.135. The molecule has 0 aliphatic heterocycles. The zero-order valence-electron chi connectivity index (χ0n) is 23.0. The summed E-state index contributed by atoms with van der Waals surface area (Å²) in [5.74, 6) is 0.779. The molecule has 0 unspecified atom stereocenters. The third-order valence-corrected chi connectivity index (χ3v) is 6.82. The zero-order valence-corrected chi connectivity index (χ0v) is 23.0. The Balaban J connectivity index is 1.96. The van der Waals surface area contributed by atoms with E-state index in [0.717, 1.165) is 42.0 Å². The standard InChI is InChI=1S/C32H48O4/c1-4-7-9-11-13-15-17-23-30(33)35-29-25-26(6-3)32(28-22-20-19-21-27(28)29)36-31(34)24-18-16-14-12-10-8-5-2/h19-22,25H,4-18,23-24H2,1-3H3. The van der Waals surface area contributed by atoms with Crippen LogP contribution in [0.2, 0.25) is 0 Å². The lowest BCUT2D eigenvalue weighted by atomic mass is 10.0. The van der Waals surface area contributed by atoms with Crippen molar-refractivity contribution in [2.24, 2.45) is 0 Å². The van der Waals surface area contributed by atoms with Crippen molar-refractivity contribution in [3.05, 3.63) is 35.9 Å². The van der Waals surface area contributed by atoms with Crippen molar-refractivity contribution in [3.8, 4) is 11.5 Å². The number of esters is 2. The molecule has 0 atom stereocenters. The first-order chi connectivity index (χ1) is 17.6. The molecule has 0 spiro atoms. The number of rotatable bonds is 19. The Labute approximate surface area is 219 Å². The fourth-order valence-corrected chi connectivity index (χ4v) is 4.63. The van der Waals surface area contributed by atoms with Crippen LogP contribution in [0.3, 0.4) is 0 Å². The molecule has 2 aromatic carbocycles. The van der Waals surface area contributed by atoms with Gasteiger partial charge in [-0.3, -0.25) is 9.59 Å². The molecule has 0 amide bonds. The molecule has 0 radical (unpaired) electrons. The minimum atomic E-state index is -0.195. The first-order valence-electron chi connectivity index (χ1n) is 14.6. The normalized spacial score (nSPS) is 11.1. The van der Waals surface area contributed by atoms with E-state index in [4.69, 9.17) is 9.47 Å². The van der Waals surface area contributed by atoms with Gasteiger partial charge in [-0.25, -0.2) is 0 Å². The highest BCUT2D eigenvalue weighted by Crippen LogP contribution is 2.37. The average molecular weight is 497 g/mol. The molecule has 0 saturated carbocycles. The Morgan fingerprint density at radius 1 is 0.611 bits per heavy atom. The van der Waals surface area contributed by atoms with Gasteiger partial charge in [-0.1, -0.05) is 122 Å². The molecule has 0 heterocycles. The van der Waals surface area contributed by atoms with Crippen molar-refractivity contribution in [1.82, 2.24) is 0 Å². The number of fused-ring (bicyclic) bond motifs is 1. The van der Waals surface area contributed by atoms with Crippen LogP contribution in [0.1, 0.15) is 129 Å². The van der Waals surface area contributed by atoms with Crippen LogP contribution < -0.4 is 9.47 Å². The summed E-state index contributed by atoms with van der Waals surface area (Å²) in [7, 11) is 0. The van der Waals surface area contributed by atoms with Crippen molar-refractivity contribution >= 4 is 22.7 Å². The van der Waals surface area contributed by atoms with E-state index < -0.39 is 0 Å². The lowest BCUT2D eigenvalue weighted by Gasteiger charge is -2.16. The second-order valence-corrected chi connectivity index (χ2v) is 9.95. The number of hydrogen-bond acceptors (Lipinski definition) is 4. The summed E-state index contributed by atoms with van der Waals surface area (Å²) in [4.78, 5) is 25.2. The molecule has 0 aliphatic carbocycles. The maximum Gasteiger partial charge on any atom is 0.311 e. The molecule has 200 valence electrons. The molecule has 0 fully saturated rings. The molecular formula is C32H48O4. The number of carbonyl (C=O) groups excluding carboxylic acids is 2. The average Bonchev–Trinajstić information content (AvgIpc) is 2.88. The molecule has 0 saturated heterocycles. The van der Waals surface area contributed by atoms with Crippen LogP contribution in [-0.4, -0.2) is 11.9 Å².